The van der Waals surface area contributed by atoms with Crippen molar-refractivity contribution in [2.24, 2.45) is 5.73 Å². The molecule has 0 bridgehead atoms. The first-order valence-electron chi connectivity index (χ1n) is 8.00. The minimum atomic E-state index is -0.646. The average Bonchev–Trinajstić information content (AvgIpc) is 3.01. The number of nitrogens with one attached hydrogen (secondary N) is 1. The van der Waals surface area contributed by atoms with Crippen molar-refractivity contribution in [3.63, 3.8) is 0 Å². The molecule has 25 heavy (non-hydrogen) atoms. The SMILES string of the molecule is N#CCC1(n2cc(C(N)=O)c(Nc3cncc(F)c3)n2)CC[NH2+]CC1. The van der Waals surface area contributed by atoms with E-state index in [1.165, 1.54) is 12.3 Å². The molecular weight excluding hydrogens is 325 g/mol. The largest absolute Gasteiger partial charge is 0.365 e. The lowest BCUT2D eigenvalue weighted by atomic mass is 9.86. The van der Waals surface area contributed by atoms with Crippen LogP contribution in [0.1, 0.15) is 29.6 Å². The summed E-state index contributed by atoms with van der Waals surface area (Å²) >= 11 is 0. The van der Waals surface area contributed by atoms with Crippen molar-refractivity contribution < 1.29 is 14.5 Å². The number of nitrogens with two attached hydrogens (primary N) is 2. The Hall–Kier alpha value is -2.99. The highest BCUT2D eigenvalue weighted by Crippen LogP contribution is 2.31. The summed E-state index contributed by atoms with van der Waals surface area (Å²) in [6.45, 7) is 1.76. The Balaban J connectivity index is 1.99. The zero-order valence-electron chi connectivity index (χ0n) is 13.6. The van der Waals surface area contributed by atoms with Crippen LogP contribution in [-0.2, 0) is 5.54 Å². The number of nitrogens with zero attached hydrogens (tertiary/aromatic N) is 4. The first-order chi connectivity index (χ1) is 12.0. The second-order valence-electron chi connectivity index (χ2n) is 6.14. The van der Waals surface area contributed by atoms with Crippen LogP contribution in [0.15, 0.2) is 24.7 Å². The Morgan fingerprint density at radius 2 is 2.24 bits per heavy atom. The molecule has 1 saturated heterocycles. The van der Waals surface area contributed by atoms with E-state index < -0.39 is 17.3 Å². The molecule has 130 valence electrons. The van der Waals surface area contributed by atoms with Crippen molar-refractivity contribution in [2.75, 3.05) is 18.4 Å². The van der Waals surface area contributed by atoms with E-state index in [2.05, 4.69) is 26.8 Å². The summed E-state index contributed by atoms with van der Waals surface area (Å²) in [5.41, 5.74) is 5.55. The average molecular weight is 344 g/mol. The van der Waals surface area contributed by atoms with Crippen molar-refractivity contribution in [1.29, 1.82) is 5.26 Å². The van der Waals surface area contributed by atoms with Gasteiger partial charge < -0.3 is 16.4 Å². The van der Waals surface area contributed by atoms with E-state index in [9.17, 15) is 14.4 Å². The maximum atomic E-state index is 13.3. The van der Waals surface area contributed by atoms with Crippen LogP contribution in [0.2, 0.25) is 0 Å². The fourth-order valence-corrected chi connectivity index (χ4v) is 3.15. The van der Waals surface area contributed by atoms with Crippen LogP contribution >= 0.6 is 0 Å². The van der Waals surface area contributed by atoms with E-state index in [1.54, 1.807) is 10.9 Å². The van der Waals surface area contributed by atoms with Gasteiger partial charge in [0.05, 0.1) is 49.2 Å². The zero-order valence-corrected chi connectivity index (χ0v) is 13.6. The van der Waals surface area contributed by atoms with Gasteiger partial charge in [-0.15, -0.1) is 0 Å². The number of hydrogen-bond acceptors (Lipinski definition) is 5. The number of piperidine rings is 1. The van der Waals surface area contributed by atoms with Gasteiger partial charge in [0, 0.05) is 25.1 Å². The van der Waals surface area contributed by atoms with Gasteiger partial charge in [-0.25, -0.2) is 4.39 Å². The molecule has 5 N–H and O–H groups in total. The highest BCUT2D eigenvalue weighted by molar-refractivity contribution is 5.98. The number of quaternary nitrogens is 1. The highest BCUT2D eigenvalue weighted by Gasteiger charge is 2.37. The lowest BCUT2D eigenvalue weighted by Crippen LogP contribution is -2.87. The molecule has 1 aliphatic rings. The maximum absolute atomic E-state index is 13.3. The number of carbonyl (C=O) groups excluding carboxylic acids is 1. The molecule has 0 spiro atoms. The molecule has 1 fully saturated rings. The molecule has 0 aromatic carbocycles. The van der Waals surface area contributed by atoms with Crippen molar-refractivity contribution in [2.45, 2.75) is 24.8 Å². The van der Waals surface area contributed by atoms with Gasteiger partial charge in [0.1, 0.15) is 11.4 Å². The Morgan fingerprint density at radius 1 is 1.48 bits per heavy atom. The Kier molecular flexibility index (Phi) is 4.63. The van der Waals surface area contributed by atoms with Crippen LogP contribution in [0.5, 0.6) is 0 Å². The van der Waals surface area contributed by atoms with Crippen molar-refractivity contribution in [3.8, 4) is 6.07 Å². The van der Waals surface area contributed by atoms with Crippen molar-refractivity contribution in [3.05, 3.63) is 36.0 Å². The molecule has 1 amide bonds. The topological polar surface area (TPSA) is 126 Å². The monoisotopic (exact) mass is 344 g/mol. The summed E-state index contributed by atoms with van der Waals surface area (Å²) < 4.78 is 15.0. The van der Waals surface area contributed by atoms with Gasteiger partial charge >= 0.3 is 0 Å². The molecule has 9 heteroatoms. The molecular formula is C16H19FN7O+. The third kappa shape index (κ3) is 3.44. The number of primary amides is 1. The number of anilines is 2. The van der Waals surface area contributed by atoms with Gasteiger partial charge in [-0.1, -0.05) is 0 Å². The molecule has 0 saturated carbocycles. The lowest BCUT2D eigenvalue weighted by molar-refractivity contribution is -0.667. The predicted molar refractivity (Wildman–Crippen MR) is 87.3 cm³/mol. The van der Waals surface area contributed by atoms with Crippen LogP contribution in [0, 0.1) is 17.1 Å². The molecule has 0 atom stereocenters. The van der Waals surface area contributed by atoms with E-state index in [0.29, 0.717) is 12.1 Å². The number of nitriles is 1. The van der Waals surface area contributed by atoms with Gasteiger partial charge in [0.15, 0.2) is 5.82 Å². The summed E-state index contributed by atoms with van der Waals surface area (Å²) in [7, 11) is 0. The summed E-state index contributed by atoms with van der Waals surface area (Å²) in [6, 6.07) is 3.47. The Labute approximate surface area is 143 Å². The normalized spacial score (nSPS) is 16.2. The third-order valence-corrected chi connectivity index (χ3v) is 4.47. The van der Waals surface area contributed by atoms with Crippen LogP contribution < -0.4 is 16.4 Å². The summed E-state index contributed by atoms with van der Waals surface area (Å²) in [5.74, 6) is -0.923. The Bertz CT molecular complexity index is 820. The van der Waals surface area contributed by atoms with Gasteiger partial charge in [0.25, 0.3) is 5.91 Å². The van der Waals surface area contributed by atoms with Crippen molar-refractivity contribution in [1.82, 2.24) is 14.8 Å². The van der Waals surface area contributed by atoms with Gasteiger partial charge in [0.2, 0.25) is 0 Å². The molecule has 3 heterocycles. The molecule has 0 aliphatic carbocycles. The summed E-state index contributed by atoms with van der Waals surface area (Å²) in [4.78, 5) is 15.6. The second kappa shape index (κ2) is 6.86. The molecule has 0 radical (unpaired) electrons. The number of carbonyl (C=O) groups is 1. The lowest BCUT2D eigenvalue weighted by Gasteiger charge is -2.34. The van der Waals surface area contributed by atoms with Gasteiger partial charge in [-0.2, -0.15) is 10.4 Å². The minimum absolute atomic E-state index is 0.191. The molecule has 3 rings (SSSR count). The molecule has 8 nitrogen and oxygen atoms in total. The maximum Gasteiger partial charge on any atom is 0.254 e. The summed E-state index contributed by atoms with van der Waals surface area (Å²) in [5, 5.41) is 18.8. The molecule has 0 unspecified atom stereocenters. The van der Waals surface area contributed by atoms with Gasteiger partial charge in [-0.05, 0) is 0 Å². The number of pyridine rings is 1. The number of rotatable bonds is 5. The van der Waals surface area contributed by atoms with E-state index >= 15 is 0 Å². The van der Waals surface area contributed by atoms with Crippen LogP contribution in [0.25, 0.3) is 0 Å². The fourth-order valence-electron chi connectivity index (χ4n) is 3.15. The van der Waals surface area contributed by atoms with Crippen molar-refractivity contribution >= 4 is 17.4 Å². The number of amides is 1. The minimum Gasteiger partial charge on any atom is -0.365 e. The van der Waals surface area contributed by atoms with E-state index in [4.69, 9.17) is 5.73 Å². The first kappa shape index (κ1) is 16.9. The zero-order chi connectivity index (χ0) is 17.9. The van der Waals surface area contributed by atoms with E-state index in [0.717, 1.165) is 32.1 Å². The number of hydrogen-bond donors (Lipinski definition) is 3. The smallest absolute Gasteiger partial charge is 0.254 e. The number of halogens is 1. The molecule has 2 aromatic rings. The Morgan fingerprint density at radius 3 is 2.88 bits per heavy atom. The second-order valence-corrected chi connectivity index (χ2v) is 6.14. The summed E-state index contributed by atoms with van der Waals surface area (Å²) in [6.07, 6.45) is 5.90. The standard InChI is InChI=1S/C16H18FN7O/c17-11-7-12(9-21-8-11)22-15-13(14(19)25)10-24(23-15)16(1-4-18)2-5-20-6-3-16/h7-10,20H,1-3,5-6H2,(H2,19,25)(H,22,23)/p+1. The first-order valence-corrected chi connectivity index (χ1v) is 8.00. The fraction of sp³-hybridized carbons (Fsp3) is 0.375. The third-order valence-electron chi connectivity index (χ3n) is 4.47. The van der Waals surface area contributed by atoms with Gasteiger partial charge in [-0.3, -0.25) is 14.5 Å². The quantitative estimate of drug-likeness (QED) is 0.715. The molecule has 1 aliphatic heterocycles. The predicted octanol–water partition coefficient (Wildman–Crippen LogP) is 0.226. The van der Waals surface area contributed by atoms with Crippen LogP contribution in [-0.4, -0.2) is 33.8 Å². The van der Waals surface area contributed by atoms with Crippen LogP contribution in [0.4, 0.5) is 15.9 Å². The van der Waals surface area contributed by atoms with E-state index in [1.807, 2.05) is 0 Å². The highest BCUT2D eigenvalue weighted by atomic mass is 19.1. The van der Waals surface area contributed by atoms with E-state index in [-0.39, 0.29) is 11.4 Å². The number of aromatic nitrogens is 3. The molecule has 2 aromatic heterocycles. The van der Waals surface area contributed by atoms with Crippen LogP contribution in [0.3, 0.4) is 0 Å².